The molecule has 256 valence electrons. The van der Waals surface area contributed by atoms with Gasteiger partial charge in [0.2, 0.25) is 0 Å². The van der Waals surface area contributed by atoms with Gasteiger partial charge < -0.3 is 14.2 Å². The Bertz CT molecular complexity index is 521. The van der Waals surface area contributed by atoms with E-state index in [1.54, 1.807) is 0 Å². The van der Waals surface area contributed by atoms with Gasteiger partial charge in [-0.15, -0.1) is 0 Å². The van der Waals surface area contributed by atoms with Crippen LogP contribution in [0.4, 0.5) is 0 Å². The zero-order valence-corrected chi connectivity index (χ0v) is 33.0. The monoisotopic (exact) mass is 830 g/mol. The molecule has 0 saturated heterocycles. The Morgan fingerprint density at radius 3 is 1.00 bits per heavy atom. The van der Waals surface area contributed by atoms with Crippen molar-refractivity contribution in [3.8, 4) is 0 Å². The summed E-state index contributed by atoms with van der Waals surface area (Å²) < 4.78 is 19.8. The molecule has 0 rings (SSSR count). The van der Waals surface area contributed by atoms with Crippen molar-refractivity contribution < 1.29 is 14.2 Å². The van der Waals surface area contributed by atoms with Crippen molar-refractivity contribution in [3.05, 3.63) is 24.3 Å². The maximum atomic E-state index is 5.79. The second-order valence-electron chi connectivity index (χ2n) is 12.5. The lowest BCUT2D eigenvalue weighted by Crippen LogP contribution is -2.15. The van der Waals surface area contributed by atoms with E-state index in [9.17, 15) is 0 Å². The SMILES string of the molecule is CC(CCC=CCCCCCCCCCCCCI)OCOCOC(C)CCC=CCCCCCCCCCCCCI. The van der Waals surface area contributed by atoms with Crippen LogP contribution in [-0.2, 0) is 14.2 Å². The quantitative estimate of drug-likeness (QED) is 0.0207. The third-order valence-corrected chi connectivity index (χ3v) is 9.72. The fourth-order valence-corrected chi connectivity index (χ4v) is 6.28. The Balaban J connectivity index is 3.36. The van der Waals surface area contributed by atoms with Gasteiger partial charge in [0.1, 0.15) is 13.6 Å². The molecule has 3 nitrogen and oxygen atoms in total. The number of hydrogen-bond acceptors (Lipinski definition) is 3. The predicted octanol–water partition coefficient (Wildman–Crippen LogP) is 13.9. The minimum atomic E-state index is 0.217. The summed E-state index contributed by atoms with van der Waals surface area (Å²) in [5, 5.41) is 0. The molecule has 0 aliphatic rings. The van der Waals surface area contributed by atoms with E-state index in [0.29, 0.717) is 13.6 Å². The molecule has 0 bridgehead atoms. The van der Waals surface area contributed by atoms with Gasteiger partial charge in [-0.1, -0.05) is 172 Å². The highest BCUT2D eigenvalue weighted by Crippen LogP contribution is 2.14. The maximum absolute atomic E-state index is 5.79. The second kappa shape index (κ2) is 39.0. The highest BCUT2D eigenvalue weighted by molar-refractivity contribution is 14.1. The summed E-state index contributed by atoms with van der Waals surface area (Å²) in [6.07, 6.45) is 44.8. The van der Waals surface area contributed by atoms with Crippen molar-refractivity contribution in [2.24, 2.45) is 0 Å². The summed E-state index contributed by atoms with van der Waals surface area (Å²) in [6.45, 7) is 4.89. The number of unbranched alkanes of at least 4 members (excludes halogenated alkanes) is 20. The summed E-state index contributed by atoms with van der Waals surface area (Å²) in [5.41, 5.74) is 0. The van der Waals surface area contributed by atoms with E-state index >= 15 is 0 Å². The largest absolute Gasteiger partial charge is 0.352 e. The first-order valence-electron chi connectivity index (χ1n) is 18.4. The lowest BCUT2D eigenvalue weighted by molar-refractivity contribution is -0.160. The van der Waals surface area contributed by atoms with Crippen LogP contribution in [0, 0.1) is 0 Å². The van der Waals surface area contributed by atoms with Crippen LogP contribution >= 0.6 is 45.2 Å². The molecule has 2 unspecified atom stereocenters. The summed E-state index contributed by atoms with van der Waals surface area (Å²) in [7, 11) is 0. The lowest BCUT2D eigenvalue weighted by Gasteiger charge is -2.14. The highest BCUT2D eigenvalue weighted by atomic mass is 127. The van der Waals surface area contributed by atoms with Crippen LogP contribution in [0.3, 0.4) is 0 Å². The molecule has 0 aliphatic heterocycles. The van der Waals surface area contributed by atoms with Crippen molar-refractivity contribution in [2.75, 3.05) is 22.4 Å². The lowest BCUT2D eigenvalue weighted by atomic mass is 10.1. The molecule has 2 atom stereocenters. The van der Waals surface area contributed by atoms with Gasteiger partial charge in [-0.25, -0.2) is 0 Å². The van der Waals surface area contributed by atoms with E-state index in [4.69, 9.17) is 14.2 Å². The van der Waals surface area contributed by atoms with E-state index in [1.165, 1.54) is 150 Å². The van der Waals surface area contributed by atoms with Crippen LogP contribution in [-0.4, -0.2) is 34.6 Å². The first-order chi connectivity index (χ1) is 21.2. The van der Waals surface area contributed by atoms with Crippen LogP contribution < -0.4 is 0 Å². The molecule has 0 heterocycles. The number of halogens is 2. The first kappa shape index (κ1) is 43.8. The summed E-state index contributed by atoms with van der Waals surface area (Å²) in [4.78, 5) is 0. The number of ether oxygens (including phenoxy) is 3. The van der Waals surface area contributed by atoms with E-state index in [1.807, 2.05) is 0 Å². The Hall–Kier alpha value is 0.820. The minimum absolute atomic E-state index is 0.217. The Morgan fingerprint density at radius 1 is 0.395 bits per heavy atom. The Morgan fingerprint density at radius 2 is 0.674 bits per heavy atom. The van der Waals surface area contributed by atoms with E-state index in [0.717, 1.165) is 25.7 Å². The van der Waals surface area contributed by atoms with Crippen LogP contribution in [0.15, 0.2) is 24.3 Å². The predicted molar refractivity (Wildman–Crippen MR) is 208 cm³/mol. The fourth-order valence-electron chi connectivity index (χ4n) is 5.20. The molecule has 0 aromatic heterocycles. The van der Waals surface area contributed by atoms with Gasteiger partial charge >= 0.3 is 0 Å². The zero-order chi connectivity index (χ0) is 31.3. The van der Waals surface area contributed by atoms with Crippen LogP contribution in [0.25, 0.3) is 0 Å². The van der Waals surface area contributed by atoms with Gasteiger partial charge in [0.05, 0.1) is 12.2 Å². The molecular formula is C38H72I2O3. The zero-order valence-electron chi connectivity index (χ0n) is 28.7. The molecule has 0 spiro atoms. The van der Waals surface area contributed by atoms with Gasteiger partial charge in [-0.3, -0.25) is 0 Å². The normalized spacial score (nSPS) is 13.5. The van der Waals surface area contributed by atoms with Gasteiger partial charge in [0, 0.05) is 0 Å². The minimum Gasteiger partial charge on any atom is -0.352 e. The molecule has 0 radical (unpaired) electrons. The highest BCUT2D eigenvalue weighted by Gasteiger charge is 2.03. The number of rotatable bonds is 36. The fraction of sp³-hybridized carbons (Fsp3) is 0.895. The summed E-state index contributed by atoms with van der Waals surface area (Å²) >= 11 is 4.97. The van der Waals surface area contributed by atoms with Gasteiger partial charge in [-0.05, 0) is 86.9 Å². The Labute approximate surface area is 297 Å². The molecule has 0 fully saturated rings. The summed E-state index contributed by atoms with van der Waals surface area (Å²) in [5.74, 6) is 0. The van der Waals surface area contributed by atoms with E-state index in [-0.39, 0.29) is 12.2 Å². The third-order valence-electron chi connectivity index (χ3n) is 8.19. The Kier molecular flexibility index (Phi) is 39.7. The standard InChI is InChI=1S/C38H72I2O3/c1-37(31-27-23-19-15-11-7-3-5-9-13-17-21-25-29-33-39)42-35-41-36-43-38(2)32-28-24-20-16-12-8-4-6-10-14-18-22-26-30-34-40/h19-20,23-24,37-38H,3-18,21-22,25-36H2,1-2H3. The molecule has 0 amide bonds. The smallest absolute Gasteiger partial charge is 0.149 e. The molecule has 0 aromatic carbocycles. The van der Waals surface area contributed by atoms with Crippen molar-refractivity contribution in [1.29, 1.82) is 0 Å². The van der Waals surface area contributed by atoms with Crippen LogP contribution in [0.5, 0.6) is 0 Å². The molecule has 5 heteroatoms. The third kappa shape index (κ3) is 38.9. The number of alkyl halides is 2. The van der Waals surface area contributed by atoms with Crippen molar-refractivity contribution in [1.82, 2.24) is 0 Å². The van der Waals surface area contributed by atoms with Crippen LogP contribution in [0.2, 0.25) is 0 Å². The van der Waals surface area contributed by atoms with Crippen molar-refractivity contribution >= 4 is 45.2 Å². The number of allylic oxidation sites excluding steroid dienone is 4. The average Bonchev–Trinajstić information content (AvgIpc) is 3.00. The second-order valence-corrected chi connectivity index (χ2v) is 14.7. The van der Waals surface area contributed by atoms with E-state index in [2.05, 4.69) is 83.3 Å². The molecule has 0 saturated carbocycles. The molecule has 0 aromatic rings. The average molecular weight is 831 g/mol. The first-order valence-corrected chi connectivity index (χ1v) is 21.5. The molecule has 43 heavy (non-hydrogen) atoms. The molecular weight excluding hydrogens is 758 g/mol. The van der Waals surface area contributed by atoms with Gasteiger partial charge in [-0.2, -0.15) is 0 Å². The molecule has 0 N–H and O–H groups in total. The topological polar surface area (TPSA) is 27.7 Å². The van der Waals surface area contributed by atoms with E-state index < -0.39 is 0 Å². The molecule has 0 aliphatic carbocycles. The van der Waals surface area contributed by atoms with Crippen molar-refractivity contribution in [3.63, 3.8) is 0 Å². The summed E-state index contributed by atoms with van der Waals surface area (Å²) in [6, 6.07) is 0. The van der Waals surface area contributed by atoms with Crippen LogP contribution in [0.1, 0.15) is 181 Å². The van der Waals surface area contributed by atoms with Gasteiger partial charge in [0.15, 0.2) is 0 Å². The maximum Gasteiger partial charge on any atom is 0.149 e. The van der Waals surface area contributed by atoms with Crippen molar-refractivity contribution in [2.45, 2.75) is 193 Å². The van der Waals surface area contributed by atoms with Gasteiger partial charge in [0.25, 0.3) is 0 Å². The number of hydrogen-bond donors (Lipinski definition) is 0.